The predicted octanol–water partition coefficient (Wildman–Crippen LogP) is 4.79. The van der Waals surface area contributed by atoms with E-state index in [0.717, 1.165) is 42.2 Å². The number of amides is 1. The molecule has 2 aromatic carbocycles. The van der Waals surface area contributed by atoms with Gasteiger partial charge in [0, 0.05) is 54.9 Å². The van der Waals surface area contributed by atoms with Crippen molar-refractivity contribution in [2.24, 2.45) is 0 Å². The van der Waals surface area contributed by atoms with Gasteiger partial charge < -0.3 is 25.4 Å². The number of anilines is 4. The lowest BCUT2D eigenvalue weighted by molar-refractivity contribution is 0.0694. The largest absolute Gasteiger partial charge is 0.361 e. The lowest BCUT2D eigenvalue weighted by Crippen LogP contribution is -2.47. The van der Waals surface area contributed by atoms with E-state index in [1.165, 1.54) is 12.1 Å². The molecule has 0 radical (unpaired) electrons. The second-order valence-corrected chi connectivity index (χ2v) is 9.00. The Morgan fingerprint density at radius 3 is 2.59 bits per heavy atom. The number of nitrogens with one attached hydrogen (secondary N) is 3. The quantitative estimate of drug-likeness (QED) is 0.316. The molecule has 0 saturated carbocycles. The number of carbonyl (C=O) groups excluding carboxylic acids is 1. The molecule has 2 aromatic heterocycles. The predicted molar refractivity (Wildman–Crippen MR) is 138 cm³/mol. The summed E-state index contributed by atoms with van der Waals surface area (Å²) in [5.41, 5.74) is 2.98. The van der Waals surface area contributed by atoms with E-state index in [9.17, 15) is 9.18 Å². The molecular formula is C27H28FN7O2. The van der Waals surface area contributed by atoms with Gasteiger partial charge in [-0.1, -0.05) is 5.16 Å². The summed E-state index contributed by atoms with van der Waals surface area (Å²) >= 11 is 0. The smallest absolute Gasteiger partial charge is 0.253 e. The van der Waals surface area contributed by atoms with Gasteiger partial charge in [0.25, 0.3) is 5.91 Å². The molecule has 5 rings (SSSR count). The Hall–Kier alpha value is -4.31. The molecule has 0 bridgehead atoms. The summed E-state index contributed by atoms with van der Waals surface area (Å²) in [7, 11) is 0. The fourth-order valence-electron chi connectivity index (χ4n) is 4.26. The number of rotatable bonds is 8. The van der Waals surface area contributed by atoms with E-state index in [-0.39, 0.29) is 17.8 Å². The van der Waals surface area contributed by atoms with Crippen molar-refractivity contribution in [2.45, 2.75) is 32.4 Å². The normalized spacial score (nSPS) is 15.4. The number of carbonyl (C=O) groups is 1. The first kappa shape index (κ1) is 24.4. The summed E-state index contributed by atoms with van der Waals surface area (Å²) < 4.78 is 18.2. The molecule has 9 nitrogen and oxygen atoms in total. The van der Waals surface area contributed by atoms with Gasteiger partial charge in [-0.3, -0.25) is 4.79 Å². The van der Waals surface area contributed by atoms with E-state index < -0.39 is 0 Å². The zero-order valence-corrected chi connectivity index (χ0v) is 20.4. The Kier molecular flexibility index (Phi) is 7.36. The molecule has 10 heteroatoms. The van der Waals surface area contributed by atoms with E-state index in [4.69, 9.17) is 4.52 Å². The van der Waals surface area contributed by atoms with Crippen LogP contribution in [0.1, 0.15) is 34.7 Å². The van der Waals surface area contributed by atoms with Crippen molar-refractivity contribution >= 4 is 29.0 Å². The van der Waals surface area contributed by atoms with Crippen molar-refractivity contribution in [2.75, 3.05) is 23.7 Å². The third-order valence-corrected chi connectivity index (χ3v) is 6.12. The van der Waals surface area contributed by atoms with Crippen LogP contribution in [0.15, 0.2) is 71.4 Å². The summed E-state index contributed by atoms with van der Waals surface area (Å²) in [6.45, 7) is 3.88. The van der Waals surface area contributed by atoms with E-state index in [0.29, 0.717) is 30.4 Å². The lowest BCUT2D eigenvalue weighted by atomic mass is 10.0. The first-order valence-electron chi connectivity index (χ1n) is 12.2. The molecule has 1 unspecified atom stereocenters. The van der Waals surface area contributed by atoms with Gasteiger partial charge in [0.1, 0.15) is 17.4 Å². The van der Waals surface area contributed by atoms with Gasteiger partial charge in [-0.25, -0.2) is 9.37 Å². The van der Waals surface area contributed by atoms with Gasteiger partial charge in [-0.15, -0.1) is 0 Å². The van der Waals surface area contributed by atoms with Gasteiger partial charge in [0.05, 0.1) is 5.69 Å². The topological polar surface area (TPSA) is 108 Å². The van der Waals surface area contributed by atoms with Crippen LogP contribution in [0.5, 0.6) is 0 Å². The summed E-state index contributed by atoms with van der Waals surface area (Å²) in [4.78, 5) is 23.7. The maximum absolute atomic E-state index is 13.1. The van der Waals surface area contributed by atoms with Gasteiger partial charge in [0.2, 0.25) is 5.95 Å². The molecule has 1 atom stereocenters. The summed E-state index contributed by atoms with van der Waals surface area (Å²) in [6, 6.07) is 17.2. The van der Waals surface area contributed by atoms with Crippen LogP contribution in [-0.2, 0) is 6.54 Å². The van der Waals surface area contributed by atoms with Crippen molar-refractivity contribution in [3.63, 3.8) is 0 Å². The molecule has 3 N–H and O–H groups in total. The van der Waals surface area contributed by atoms with Crippen molar-refractivity contribution in [3.8, 4) is 0 Å². The number of aromatic nitrogens is 3. The van der Waals surface area contributed by atoms with Crippen molar-refractivity contribution in [3.05, 3.63) is 89.7 Å². The first-order chi connectivity index (χ1) is 18.0. The highest BCUT2D eigenvalue weighted by Gasteiger charge is 2.24. The fourth-order valence-corrected chi connectivity index (χ4v) is 4.26. The minimum atomic E-state index is -0.299. The zero-order chi connectivity index (χ0) is 25.6. The Morgan fingerprint density at radius 2 is 1.84 bits per heavy atom. The molecule has 4 aromatic rings. The van der Waals surface area contributed by atoms with Crippen molar-refractivity contribution in [1.82, 2.24) is 25.3 Å². The SMILES string of the molecule is Cc1cc(CNC2CCCN(C(=O)c3ccc(Nc4nccc(Nc5ccc(F)cc5)n4)cc3)C2)no1. The molecule has 1 saturated heterocycles. The molecule has 1 amide bonds. The Morgan fingerprint density at radius 1 is 1.08 bits per heavy atom. The third-order valence-electron chi connectivity index (χ3n) is 6.12. The molecule has 0 aliphatic carbocycles. The van der Waals surface area contributed by atoms with Crippen LogP contribution in [0.4, 0.5) is 27.5 Å². The van der Waals surface area contributed by atoms with Gasteiger partial charge in [-0.05, 0) is 74.4 Å². The minimum absolute atomic E-state index is 0.0112. The van der Waals surface area contributed by atoms with E-state index >= 15 is 0 Å². The van der Waals surface area contributed by atoms with Crippen LogP contribution in [0.2, 0.25) is 0 Å². The van der Waals surface area contributed by atoms with Crippen molar-refractivity contribution in [1.29, 1.82) is 0 Å². The van der Waals surface area contributed by atoms with Crippen LogP contribution in [-0.4, -0.2) is 45.1 Å². The molecule has 0 spiro atoms. The Balaban J connectivity index is 1.16. The minimum Gasteiger partial charge on any atom is -0.361 e. The molecule has 1 aliphatic rings. The molecule has 1 fully saturated rings. The number of hydrogen-bond acceptors (Lipinski definition) is 8. The summed E-state index contributed by atoms with van der Waals surface area (Å²) in [5, 5.41) is 13.8. The van der Waals surface area contributed by atoms with Crippen LogP contribution in [0.3, 0.4) is 0 Å². The average Bonchev–Trinajstić information content (AvgIpc) is 3.34. The first-order valence-corrected chi connectivity index (χ1v) is 12.2. The number of likely N-dealkylation sites (tertiary alicyclic amines) is 1. The van der Waals surface area contributed by atoms with Gasteiger partial charge in [0.15, 0.2) is 0 Å². The summed E-state index contributed by atoms with van der Waals surface area (Å²) in [6.07, 6.45) is 3.59. The fraction of sp³-hybridized carbons (Fsp3) is 0.259. The number of hydrogen-bond donors (Lipinski definition) is 3. The summed E-state index contributed by atoms with van der Waals surface area (Å²) in [5.74, 6) is 1.47. The Labute approximate surface area is 214 Å². The Bertz CT molecular complexity index is 1340. The molecule has 190 valence electrons. The third kappa shape index (κ3) is 6.47. The standard InChI is InChI=1S/C27H28FN7O2/c1-18-15-24(34-37-18)16-30-23-3-2-14-35(17-23)26(36)19-4-8-22(9-5-19)32-27-29-13-12-25(33-27)31-21-10-6-20(28)7-11-21/h4-13,15,23,30H,2-3,14,16-17H2,1H3,(H2,29,31,32,33). The number of nitrogens with zero attached hydrogens (tertiary/aromatic N) is 4. The van der Waals surface area contributed by atoms with Gasteiger partial charge in [-0.2, -0.15) is 4.98 Å². The highest BCUT2D eigenvalue weighted by Crippen LogP contribution is 2.20. The number of piperidine rings is 1. The zero-order valence-electron chi connectivity index (χ0n) is 20.4. The molecule has 1 aliphatic heterocycles. The maximum Gasteiger partial charge on any atom is 0.253 e. The van der Waals surface area contributed by atoms with Crippen LogP contribution >= 0.6 is 0 Å². The number of benzene rings is 2. The second kappa shape index (κ2) is 11.2. The van der Waals surface area contributed by atoms with Crippen LogP contribution in [0, 0.1) is 12.7 Å². The average molecular weight is 502 g/mol. The molecule has 37 heavy (non-hydrogen) atoms. The van der Waals surface area contributed by atoms with E-state index in [1.807, 2.05) is 30.0 Å². The highest BCUT2D eigenvalue weighted by molar-refractivity contribution is 5.94. The number of halogens is 1. The van der Waals surface area contributed by atoms with Gasteiger partial charge >= 0.3 is 0 Å². The highest BCUT2D eigenvalue weighted by atomic mass is 19.1. The van der Waals surface area contributed by atoms with Crippen LogP contribution < -0.4 is 16.0 Å². The van der Waals surface area contributed by atoms with E-state index in [2.05, 4.69) is 31.1 Å². The number of aryl methyl sites for hydroxylation is 1. The molecular weight excluding hydrogens is 473 g/mol. The van der Waals surface area contributed by atoms with E-state index in [1.54, 1.807) is 36.5 Å². The van der Waals surface area contributed by atoms with Crippen molar-refractivity contribution < 1.29 is 13.7 Å². The monoisotopic (exact) mass is 501 g/mol. The second-order valence-electron chi connectivity index (χ2n) is 9.00. The maximum atomic E-state index is 13.1. The molecule has 3 heterocycles. The van der Waals surface area contributed by atoms with Crippen LogP contribution in [0.25, 0.3) is 0 Å². The lowest BCUT2D eigenvalue weighted by Gasteiger charge is -2.33.